The van der Waals surface area contributed by atoms with Crippen LogP contribution in [-0.4, -0.2) is 19.3 Å². The number of rotatable bonds is 10. The van der Waals surface area contributed by atoms with Crippen molar-refractivity contribution in [2.75, 3.05) is 13.2 Å². The molecule has 1 heterocycles. The number of epoxide rings is 1. The van der Waals surface area contributed by atoms with E-state index in [4.69, 9.17) is 9.47 Å². The Morgan fingerprint density at radius 1 is 0.636 bits per heavy atom. The van der Waals surface area contributed by atoms with Crippen LogP contribution in [0.1, 0.15) is 5.56 Å². The second-order valence-corrected chi connectivity index (χ2v) is 11.0. The maximum atomic E-state index is 6.10. The molecule has 166 valence electrons. The fourth-order valence-electron chi connectivity index (χ4n) is 3.29. The zero-order valence-electron chi connectivity index (χ0n) is 18.1. The summed E-state index contributed by atoms with van der Waals surface area (Å²) in [4.78, 5) is 7.38. The van der Waals surface area contributed by atoms with Gasteiger partial charge in [-0.3, -0.25) is 0 Å². The lowest BCUT2D eigenvalue weighted by atomic mass is 10.2. The zero-order valence-corrected chi connectivity index (χ0v) is 20.5. The van der Waals surface area contributed by atoms with E-state index in [0.717, 1.165) is 6.61 Å². The Bertz CT molecular complexity index is 1100. The average Bonchev–Trinajstić information content (AvgIpc) is 3.67. The molecule has 1 atom stereocenters. The molecule has 0 amide bonds. The van der Waals surface area contributed by atoms with E-state index in [9.17, 15) is 0 Å². The summed E-state index contributed by atoms with van der Waals surface area (Å²) in [6.07, 6.45) is 0.258. The third kappa shape index (κ3) is 6.69. The Kier molecular flexibility index (Phi) is 7.76. The number of benzene rings is 4. The van der Waals surface area contributed by atoms with Crippen molar-refractivity contribution in [3.63, 3.8) is 0 Å². The van der Waals surface area contributed by atoms with Gasteiger partial charge in [0.25, 0.3) is 0 Å². The molecule has 1 aliphatic heterocycles. The highest BCUT2D eigenvalue weighted by molar-refractivity contribution is 8.01. The Morgan fingerprint density at radius 3 is 1.55 bits per heavy atom. The Hall–Kier alpha value is -2.15. The van der Waals surface area contributed by atoms with Crippen LogP contribution in [0.25, 0.3) is 0 Å². The molecule has 1 saturated heterocycles. The van der Waals surface area contributed by atoms with E-state index >= 15 is 0 Å². The van der Waals surface area contributed by atoms with E-state index in [2.05, 4.69) is 103 Å². The fourth-order valence-corrected chi connectivity index (χ4v) is 6.47. The van der Waals surface area contributed by atoms with Gasteiger partial charge in [0.2, 0.25) is 0 Å². The van der Waals surface area contributed by atoms with E-state index < -0.39 is 0 Å². The van der Waals surface area contributed by atoms with Crippen LogP contribution in [0.15, 0.2) is 133 Å². The fraction of sp³-hybridized carbons (Fsp3) is 0.143. The first-order valence-corrected chi connectivity index (χ1v) is 13.3. The highest BCUT2D eigenvalue weighted by Crippen LogP contribution is 2.42. The van der Waals surface area contributed by atoms with Crippen molar-refractivity contribution >= 4 is 35.3 Å². The summed E-state index contributed by atoms with van der Waals surface area (Å²) in [5.74, 6) is 0. The summed E-state index contributed by atoms with van der Waals surface area (Å²) in [6, 6.07) is 36.3. The molecule has 33 heavy (non-hydrogen) atoms. The van der Waals surface area contributed by atoms with Crippen LogP contribution < -0.4 is 0 Å². The Morgan fingerprint density at radius 2 is 1.09 bits per heavy atom. The van der Waals surface area contributed by atoms with Gasteiger partial charge in [-0.05, 0) is 48.5 Å². The monoisotopic (exact) mass is 488 g/mol. The first-order valence-electron chi connectivity index (χ1n) is 10.9. The second-order valence-electron chi connectivity index (χ2n) is 7.61. The molecule has 0 spiro atoms. The molecule has 0 aliphatic carbocycles. The van der Waals surface area contributed by atoms with Crippen LogP contribution in [0.5, 0.6) is 0 Å². The maximum absolute atomic E-state index is 6.10. The average molecular weight is 489 g/mol. The molecule has 1 fully saturated rings. The minimum Gasteiger partial charge on any atom is -0.374 e. The molecule has 0 bridgehead atoms. The lowest BCUT2D eigenvalue weighted by Gasteiger charge is -2.17. The first-order chi connectivity index (χ1) is 16.3. The maximum Gasteiger partial charge on any atom is 0.104 e. The molecule has 4 aromatic carbocycles. The summed E-state index contributed by atoms with van der Waals surface area (Å²) < 4.78 is 11.4. The summed E-state index contributed by atoms with van der Waals surface area (Å²) in [5, 5.41) is 0. The van der Waals surface area contributed by atoms with Crippen LogP contribution in [0, 0.1) is 0 Å². The van der Waals surface area contributed by atoms with Crippen molar-refractivity contribution in [1.82, 2.24) is 0 Å². The van der Waals surface area contributed by atoms with E-state index in [1.807, 2.05) is 0 Å². The third-order valence-corrected chi connectivity index (χ3v) is 8.18. The van der Waals surface area contributed by atoms with Crippen LogP contribution in [-0.2, 0) is 16.1 Å². The quantitative estimate of drug-likeness (QED) is 0.210. The molecule has 0 aromatic heterocycles. The van der Waals surface area contributed by atoms with E-state index in [0.29, 0.717) is 13.2 Å². The molecule has 0 N–H and O–H groups in total. The van der Waals surface area contributed by atoms with Gasteiger partial charge in [-0.15, -0.1) is 0 Å². The minimum atomic E-state index is 0.258. The third-order valence-electron chi connectivity index (χ3n) is 5.02. The first kappa shape index (κ1) is 22.6. The molecule has 0 saturated carbocycles. The highest BCUT2D eigenvalue weighted by atomic mass is 32.2. The van der Waals surface area contributed by atoms with Crippen molar-refractivity contribution in [1.29, 1.82) is 0 Å². The van der Waals surface area contributed by atoms with E-state index in [-0.39, 0.29) is 6.10 Å². The lowest BCUT2D eigenvalue weighted by molar-refractivity contribution is 0.101. The molecular weight excluding hydrogens is 465 g/mol. The van der Waals surface area contributed by atoms with Gasteiger partial charge >= 0.3 is 0 Å². The van der Waals surface area contributed by atoms with E-state index in [1.54, 1.807) is 35.3 Å². The predicted molar refractivity (Wildman–Crippen MR) is 138 cm³/mol. The topological polar surface area (TPSA) is 21.8 Å². The van der Waals surface area contributed by atoms with Gasteiger partial charge < -0.3 is 9.47 Å². The smallest absolute Gasteiger partial charge is 0.104 e. The molecule has 1 unspecified atom stereocenters. The molecular formula is C28H24O2S3. The zero-order chi connectivity index (χ0) is 22.3. The SMILES string of the molecule is c1ccc(Sc2cc(Sc3ccccc3)c(COCC3CO3)c(Sc3ccccc3)c2)cc1. The van der Waals surface area contributed by atoms with Crippen molar-refractivity contribution < 1.29 is 9.47 Å². The Labute approximate surface area is 208 Å². The van der Waals surface area contributed by atoms with Crippen LogP contribution >= 0.6 is 35.3 Å². The summed E-state index contributed by atoms with van der Waals surface area (Å²) in [6.45, 7) is 2.02. The van der Waals surface area contributed by atoms with Gasteiger partial charge in [0.05, 0.1) is 19.8 Å². The Balaban J connectivity index is 1.52. The lowest BCUT2D eigenvalue weighted by Crippen LogP contribution is -2.04. The van der Waals surface area contributed by atoms with Gasteiger partial charge in [0.1, 0.15) is 6.10 Å². The number of hydrogen-bond acceptors (Lipinski definition) is 5. The second kappa shape index (κ2) is 11.3. The molecule has 4 aromatic rings. The predicted octanol–water partition coefficient (Wildman–Crippen LogP) is 8.06. The van der Waals surface area contributed by atoms with Crippen molar-refractivity contribution in [2.45, 2.75) is 42.1 Å². The molecule has 5 heteroatoms. The molecule has 5 rings (SSSR count). The summed E-state index contributed by atoms with van der Waals surface area (Å²) in [7, 11) is 0. The van der Waals surface area contributed by atoms with Crippen LogP contribution in [0.2, 0.25) is 0 Å². The van der Waals surface area contributed by atoms with Crippen LogP contribution in [0.3, 0.4) is 0 Å². The van der Waals surface area contributed by atoms with Gasteiger partial charge in [-0.1, -0.05) is 89.9 Å². The van der Waals surface area contributed by atoms with Crippen molar-refractivity contribution in [2.24, 2.45) is 0 Å². The summed E-state index contributed by atoms with van der Waals surface area (Å²) >= 11 is 5.40. The largest absolute Gasteiger partial charge is 0.374 e. The molecule has 1 aliphatic rings. The number of ether oxygens (including phenoxy) is 2. The normalized spacial score (nSPS) is 14.8. The standard InChI is InChI=1S/C28H24O2S3/c1-4-10-22(11-5-1)31-25-16-27(32-23-12-6-2-7-13-23)26(20-29-18-21-19-30-21)28(17-25)33-24-14-8-3-9-15-24/h1-17,21H,18-20H2. The van der Waals surface area contributed by atoms with Crippen molar-refractivity contribution in [3.05, 3.63) is 109 Å². The minimum absolute atomic E-state index is 0.258. The highest BCUT2D eigenvalue weighted by Gasteiger charge is 2.23. The number of hydrogen-bond donors (Lipinski definition) is 0. The molecule has 0 radical (unpaired) electrons. The van der Waals surface area contributed by atoms with Gasteiger partial charge in [0.15, 0.2) is 0 Å². The van der Waals surface area contributed by atoms with Gasteiger partial charge in [-0.2, -0.15) is 0 Å². The molecule has 2 nitrogen and oxygen atoms in total. The van der Waals surface area contributed by atoms with E-state index in [1.165, 1.54) is 34.9 Å². The van der Waals surface area contributed by atoms with Crippen molar-refractivity contribution in [3.8, 4) is 0 Å². The summed E-state index contributed by atoms with van der Waals surface area (Å²) in [5.41, 5.74) is 1.23. The van der Waals surface area contributed by atoms with Gasteiger partial charge in [0, 0.05) is 34.9 Å². The van der Waals surface area contributed by atoms with Crippen LogP contribution in [0.4, 0.5) is 0 Å². The van der Waals surface area contributed by atoms with Gasteiger partial charge in [-0.25, -0.2) is 0 Å².